The lowest BCUT2D eigenvalue weighted by atomic mass is 10.2. The van der Waals surface area contributed by atoms with E-state index >= 15 is 0 Å². The average Bonchev–Trinajstić information content (AvgIpc) is 2.61. The SMILES string of the molecule is N#CC(=Cc1ccc(OC(F)F)cc1OC(F)F)S(=O)(=O)c1cc(Br)ccc1Br. The largest absolute Gasteiger partial charge is 0.435 e. The van der Waals surface area contributed by atoms with Crippen molar-refractivity contribution in [3.05, 3.63) is 55.8 Å². The van der Waals surface area contributed by atoms with E-state index in [1.807, 2.05) is 0 Å². The van der Waals surface area contributed by atoms with Crippen LogP contribution in [0.3, 0.4) is 0 Å². The van der Waals surface area contributed by atoms with Crippen molar-refractivity contribution >= 4 is 47.8 Å². The van der Waals surface area contributed by atoms with Crippen LogP contribution < -0.4 is 9.47 Å². The molecule has 0 bridgehead atoms. The zero-order valence-corrected chi connectivity index (χ0v) is 17.9. The number of rotatable bonds is 7. The normalized spacial score (nSPS) is 12.2. The van der Waals surface area contributed by atoms with E-state index in [9.17, 15) is 31.2 Å². The number of hydrogen-bond acceptors (Lipinski definition) is 5. The number of nitriles is 1. The lowest BCUT2D eigenvalue weighted by Crippen LogP contribution is -2.07. The first kappa shape index (κ1) is 23.2. The molecule has 0 N–H and O–H groups in total. The second-order valence-electron chi connectivity index (χ2n) is 5.16. The Kier molecular flexibility index (Phi) is 7.67. The fourth-order valence-electron chi connectivity index (χ4n) is 2.12. The van der Waals surface area contributed by atoms with Crippen molar-refractivity contribution in [2.24, 2.45) is 0 Å². The van der Waals surface area contributed by atoms with Crippen LogP contribution in [0.15, 0.2) is 55.1 Å². The van der Waals surface area contributed by atoms with Crippen LogP contribution in [0.1, 0.15) is 5.56 Å². The van der Waals surface area contributed by atoms with Crippen LogP contribution in [-0.2, 0) is 9.84 Å². The van der Waals surface area contributed by atoms with Gasteiger partial charge in [-0.3, -0.25) is 0 Å². The first-order valence-corrected chi connectivity index (χ1v) is 10.5. The Morgan fingerprint density at radius 1 is 1.03 bits per heavy atom. The smallest absolute Gasteiger partial charge is 0.387 e. The van der Waals surface area contributed by atoms with E-state index in [0.29, 0.717) is 4.47 Å². The molecule has 0 heterocycles. The van der Waals surface area contributed by atoms with Gasteiger partial charge >= 0.3 is 13.2 Å². The van der Waals surface area contributed by atoms with Crippen molar-refractivity contribution in [3.8, 4) is 17.6 Å². The molecule has 0 aliphatic carbocycles. The van der Waals surface area contributed by atoms with Gasteiger partial charge in [-0.05, 0) is 52.3 Å². The number of halogens is 6. The van der Waals surface area contributed by atoms with Crippen molar-refractivity contribution in [3.63, 3.8) is 0 Å². The molecule has 0 saturated carbocycles. The molecule has 0 aromatic heterocycles. The summed E-state index contributed by atoms with van der Waals surface area (Å²) < 4.78 is 84.7. The van der Waals surface area contributed by atoms with E-state index in [1.54, 1.807) is 6.07 Å². The zero-order valence-electron chi connectivity index (χ0n) is 14.0. The topological polar surface area (TPSA) is 76.4 Å². The number of allylic oxidation sites excluding steroid dienone is 1. The highest BCUT2D eigenvalue weighted by molar-refractivity contribution is 9.11. The maximum Gasteiger partial charge on any atom is 0.387 e. The molecule has 0 aliphatic heterocycles. The molecule has 29 heavy (non-hydrogen) atoms. The van der Waals surface area contributed by atoms with Crippen LogP contribution in [0.2, 0.25) is 0 Å². The van der Waals surface area contributed by atoms with Gasteiger partial charge in [0.25, 0.3) is 0 Å². The summed E-state index contributed by atoms with van der Waals surface area (Å²) in [6.07, 6.45) is 0.798. The molecule has 0 unspecified atom stereocenters. The van der Waals surface area contributed by atoms with Crippen molar-refractivity contribution in [1.82, 2.24) is 0 Å². The van der Waals surface area contributed by atoms with Gasteiger partial charge in [0.1, 0.15) is 22.5 Å². The number of ether oxygens (including phenoxy) is 2. The van der Waals surface area contributed by atoms with Crippen LogP contribution in [0.5, 0.6) is 11.5 Å². The molecular weight excluding hydrogens is 550 g/mol. The Bertz CT molecular complexity index is 1090. The number of benzene rings is 2. The van der Waals surface area contributed by atoms with Gasteiger partial charge in [-0.15, -0.1) is 0 Å². The second-order valence-corrected chi connectivity index (χ2v) is 8.81. The predicted octanol–water partition coefficient (Wildman–Crippen LogP) is 5.75. The second kappa shape index (κ2) is 9.60. The van der Waals surface area contributed by atoms with E-state index in [-0.39, 0.29) is 14.9 Å². The van der Waals surface area contributed by atoms with Crippen LogP contribution in [0.4, 0.5) is 17.6 Å². The Labute approximate surface area is 179 Å². The van der Waals surface area contributed by atoms with Gasteiger partial charge in [-0.2, -0.15) is 22.8 Å². The molecule has 2 aromatic carbocycles. The molecule has 2 aromatic rings. The Morgan fingerprint density at radius 3 is 2.28 bits per heavy atom. The molecule has 0 radical (unpaired) electrons. The molecule has 5 nitrogen and oxygen atoms in total. The quantitative estimate of drug-likeness (QED) is 0.319. The zero-order chi connectivity index (χ0) is 21.8. The third-order valence-corrected chi connectivity index (χ3v) is 6.45. The van der Waals surface area contributed by atoms with E-state index in [0.717, 1.165) is 24.3 Å². The summed E-state index contributed by atoms with van der Waals surface area (Å²) in [5.74, 6) is -1.13. The fourth-order valence-corrected chi connectivity index (χ4v) is 4.77. The monoisotopic (exact) mass is 557 g/mol. The minimum atomic E-state index is -4.35. The molecule has 0 saturated heterocycles. The molecular formula is C17H9Br2F4NO4S. The number of sulfone groups is 1. The fraction of sp³-hybridized carbons (Fsp3) is 0.118. The highest BCUT2D eigenvalue weighted by Crippen LogP contribution is 2.33. The van der Waals surface area contributed by atoms with Gasteiger partial charge in [0, 0.05) is 20.6 Å². The summed E-state index contributed by atoms with van der Waals surface area (Å²) in [6.45, 7) is -6.54. The van der Waals surface area contributed by atoms with Gasteiger partial charge in [0.05, 0.1) is 4.90 Å². The highest BCUT2D eigenvalue weighted by atomic mass is 79.9. The Morgan fingerprint density at radius 2 is 1.69 bits per heavy atom. The summed E-state index contributed by atoms with van der Waals surface area (Å²) in [5.41, 5.74) is -0.252. The summed E-state index contributed by atoms with van der Waals surface area (Å²) >= 11 is 6.21. The van der Waals surface area contributed by atoms with Gasteiger partial charge < -0.3 is 9.47 Å². The Hall–Kier alpha value is -2.10. The van der Waals surface area contributed by atoms with Crippen molar-refractivity contribution < 1.29 is 35.5 Å². The lowest BCUT2D eigenvalue weighted by Gasteiger charge is -2.12. The van der Waals surface area contributed by atoms with E-state index < -0.39 is 39.5 Å². The third-order valence-electron chi connectivity index (χ3n) is 3.30. The summed E-state index contributed by atoms with van der Waals surface area (Å²) in [5, 5.41) is 9.35. The minimum absolute atomic E-state index is 0.173. The molecule has 0 amide bonds. The first-order valence-electron chi connectivity index (χ1n) is 7.40. The van der Waals surface area contributed by atoms with Crippen molar-refractivity contribution in [2.75, 3.05) is 0 Å². The summed E-state index contributed by atoms with van der Waals surface area (Å²) in [7, 11) is -4.35. The number of nitrogens with zero attached hydrogens (tertiary/aromatic N) is 1. The number of hydrogen-bond donors (Lipinski definition) is 0. The van der Waals surface area contributed by atoms with Crippen LogP contribution in [0, 0.1) is 11.3 Å². The Balaban J connectivity index is 2.59. The van der Waals surface area contributed by atoms with Gasteiger partial charge in [-0.25, -0.2) is 8.42 Å². The maximum atomic E-state index is 12.8. The van der Waals surface area contributed by atoms with Gasteiger partial charge in [0.15, 0.2) is 0 Å². The molecule has 12 heteroatoms. The third kappa shape index (κ3) is 5.94. The molecule has 154 valence electrons. The van der Waals surface area contributed by atoms with E-state index in [4.69, 9.17) is 0 Å². The van der Waals surface area contributed by atoms with Crippen LogP contribution in [0.25, 0.3) is 6.08 Å². The summed E-state index contributed by atoms with van der Waals surface area (Å²) in [6, 6.07) is 8.50. The average molecular weight is 559 g/mol. The molecule has 0 fully saturated rings. The van der Waals surface area contributed by atoms with Crippen LogP contribution in [-0.4, -0.2) is 21.6 Å². The number of alkyl halides is 4. The maximum absolute atomic E-state index is 12.8. The molecule has 2 rings (SSSR count). The lowest BCUT2D eigenvalue weighted by molar-refractivity contribution is -0.0543. The van der Waals surface area contributed by atoms with Crippen molar-refractivity contribution in [2.45, 2.75) is 18.1 Å². The van der Waals surface area contributed by atoms with Gasteiger partial charge in [-0.1, -0.05) is 15.9 Å². The van der Waals surface area contributed by atoms with Crippen molar-refractivity contribution in [1.29, 1.82) is 5.26 Å². The van der Waals surface area contributed by atoms with E-state index in [1.165, 1.54) is 18.2 Å². The minimum Gasteiger partial charge on any atom is -0.435 e. The van der Waals surface area contributed by atoms with E-state index in [2.05, 4.69) is 41.3 Å². The molecule has 0 atom stereocenters. The van der Waals surface area contributed by atoms with Crippen LogP contribution >= 0.6 is 31.9 Å². The van der Waals surface area contributed by atoms with Gasteiger partial charge in [0.2, 0.25) is 9.84 Å². The summed E-state index contributed by atoms with van der Waals surface area (Å²) in [4.78, 5) is -1.02. The predicted molar refractivity (Wildman–Crippen MR) is 102 cm³/mol. The standard InChI is InChI=1S/C17H9Br2F4NO4S/c18-10-2-4-13(19)15(6-10)29(25,26)12(8-24)5-9-1-3-11(27-16(20)21)7-14(9)28-17(22)23/h1-7,16-17H. The molecule has 0 aliphatic rings. The highest BCUT2D eigenvalue weighted by Gasteiger charge is 2.25. The molecule has 0 spiro atoms. The first-order chi connectivity index (χ1) is 13.5.